The molecule has 0 spiro atoms. The van der Waals surface area contributed by atoms with Gasteiger partial charge in [-0.25, -0.2) is 4.79 Å². The normalized spacial score (nSPS) is 19.7. The van der Waals surface area contributed by atoms with Crippen molar-refractivity contribution in [1.29, 1.82) is 0 Å². The quantitative estimate of drug-likeness (QED) is 0.780. The Hall–Kier alpha value is -2.86. The number of carbonyl (C=O) groups is 2. The molecule has 2 aromatic carbocycles. The van der Waals surface area contributed by atoms with E-state index in [1.807, 2.05) is 54.6 Å². The zero-order valence-electron chi connectivity index (χ0n) is 13.8. The molecule has 25 heavy (non-hydrogen) atoms. The average Bonchev–Trinajstić information content (AvgIpc) is 2.93. The van der Waals surface area contributed by atoms with Crippen LogP contribution >= 0.6 is 0 Å². The van der Waals surface area contributed by atoms with Crippen LogP contribution in [-0.2, 0) is 16.0 Å². The average molecular weight is 340 g/mol. The van der Waals surface area contributed by atoms with Crippen LogP contribution in [0.5, 0.6) is 0 Å². The summed E-state index contributed by atoms with van der Waals surface area (Å²) in [5, 5.41) is 14.6. The van der Waals surface area contributed by atoms with E-state index in [0.717, 1.165) is 16.7 Å². The van der Waals surface area contributed by atoms with E-state index in [0.29, 0.717) is 6.42 Å². The summed E-state index contributed by atoms with van der Waals surface area (Å²) in [5.74, 6) is -0.288. The number of hydrogen-bond acceptors (Lipinski definition) is 3. The molecular formula is C19H20N2O4. The predicted molar refractivity (Wildman–Crippen MR) is 92.2 cm³/mol. The SMILES string of the molecule is COC(C(=O)N[C@H]1Cc2ccccc2[C@@H]1NC(=O)O)c1ccccc1. The fourth-order valence-electron chi connectivity index (χ4n) is 3.32. The molecule has 130 valence electrons. The monoisotopic (exact) mass is 340 g/mol. The third-order valence-corrected chi connectivity index (χ3v) is 4.42. The minimum atomic E-state index is -1.12. The van der Waals surface area contributed by atoms with Crippen LogP contribution in [0.3, 0.4) is 0 Å². The molecule has 3 rings (SSSR count). The summed E-state index contributed by atoms with van der Waals surface area (Å²) in [4.78, 5) is 23.9. The highest BCUT2D eigenvalue weighted by Crippen LogP contribution is 2.32. The Morgan fingerprint density at radius 1 is 1.08 bits per heavy atom. The van der Waals surface area contributed by atoms with Gasteiger partial charge in [0.05, 0.1) is 12.1 Å². The molecule has 1 unspecified atom stereocenters. The van der Waals surface area contributed by atoms with Gasteiger partial charge in [-0.15, -0.1) is 0 Å². The Morgan fingerprint density at radius 2 is 1.76 bits per heavy atom. The van der Waals surface area contributed by atoms with E-state index in [1.165, 1.54) is 7.11 Å². The highest BCUT2D eigenvalue weighted by atomic mass is 16.5. The van der Waals surface area contributed by atoms with E-state index in [4.69, 9.17) is 9.84 Å². The second-order valence-corrected chi connectivity index (χ2v) is 5.97. The van der Waals surface area contributed by atoms with Gasteiger partial charge in [0.1, 0.15) is 0 Å². The summed E-state index contributed by atoms with van der Waals surface area (Å²) in [6.45, 7) is 0. The third-order valence-electron chi connectivity index (χ3n) is 4.42. The molecule has 0 bridgehead atoms. The van der Waals surface area contributed by atoms with Crippen LogP contribution in [0.25, 0.3) is 0 Å². The summed E-state index contributed by atoms with van der Waals surface area (Å²) < 4.78 is 5.35. The van der Waals surface area contributed by atoms with Gasteiger partial charge >= 0.3 is 6.09 Å². The van der Waals surface area contributed by atoms with E-state index in [1.54, 1.807) is 0 Å². The molecule has 0 radical (unpaired) electrons. The molecule has 2 aromatic rings. The molecule has 0 saturated carbocycles. The highest BCUT2D eigenvalue weighted by Gasteiger charge is 2.35. The summed E-state index contributed by atoms with van der Waals surface area (Å²) in [5.41, 5.74) is 2.67. The first-order valence-corrected chi connectivity index (χ1v) is 8.05. The number of amides is 2. The molecule has 0 heterocycles. The number of nitrogens with one attached hydrogen (secondary N) is 2. The fraction of sp³-hybridized carbons (Fsp3) is 0.263. The van der Waals surface area contributed by atoms with Gasteiger partial charge in [0.25, 0.3) is 5.91 Å². The lowest BCUT2D eigenvalue weighted by atomic mass is 10.1. The fourth-order valence-corrected chi connectivity index (χ4v) is 3.32. The lowest BCUT2D eigenvalue weighted by molar-refractivity contribution is -0.132. The van der Waals surface area contributed by atoms with Crippen molar-refractivity contribution in [2.75, 3.05) is 7.11 Å². The largest absolute Gasteiger partial charge is 0.465 e. The number of benzene rings is 2. The molecule has 1 aliphatic carbocycles. The first-order chi connectivity index (χ1) is 12.1. The van der Waals surface area contributed by atoms with Crippen LogP contribution in [0.1, 0.15) is 28.8 Å². The van der Waals surface area contributed by atoms with Gasteiger partial charge in [0.2, 0.25) is 0 Å². The van der Waals surface area contributed by atoms with E-state index in [2.05, 4.69) is 10.6 Å². The maximum absolute atomic E-state index is 12.7. The summed E-state index contributed by atoms with van der Waals surface area (Å²) in [6.07, 6.45) is -1.29. The summed E-state index contributed by atoms with van der Waals surface area (Å²) >= 11 is 0. The second-order valence-electron chi connectivity index (χ2n) is 5.97. The number of fused-ring (bicyclic) bond motifs is 1. The molecule has 2 amide bonds. The maximum Gasteiger partial charge on any atom is 0.405 e. The number of carboxylic acid groups (broad SMARTS) is 1. The predicted octanol–water partition coefficient (Wildman–Crippen LogP) is 2.42. The Labute approximate surface area is 145 Å². The Balaban J connectivity index is 1.79. The van der Waals surface area contributed by atoms with Crippen molar-refractivity contribution in [3.63, 3.8) is 0 Å². The van der Waals surface area contributed by atoms with Crippen LogP contribution in [-0.4, -0.2) is 30.3 Å². The molecule has 0 aliphatic heterocycles. The van der Waals surface area contributed by atoms with Crippen molar-refractivity contribution in [3.05, 3.63) is 71.3 Å². The van der Waals surface area contributed by atoms with E-state index in [-0.39, 0.29) is 11.9 Å². The number of ether oxygens (including phenoxy) is 1. The number of rotatable bonds is 5. The molecule has 6 heteroatoms. The molecule has 6 nitrogen and oxygen atoms in total. The Kier molecular flexibility index (Phi) is 5.00. The van der Waals surface area contributed by atoms with Crippen LogP contribution in [0, 0.1) is 0 Å². The molecule has 3 N–H and O–H groups in total. The molecular weight excluding hydrogens is 320 g/mol. The molecule has 3 atom stereocenters. The lowest BCUT2D eigenvalue weighted by Gasteiger charge is -2.24. The minimum absolute atomic E-state index is 0.288. The van der Waals surface area contributed by atoms with Crippen LogP contribution < -0.4 is 10.6 Å². The van der Waals surface area contributed by atoms with Gasteiger partial charge in [0.15, 0.2) is 6.10 Å². The van der Waals surface area contributed by atoms with E-state index >= 15 is 0 Å². The smallest absolute Gasteiger partial charge is 0.405 e. The zero-order valence-corrected chi connectivity index (χ0v) is 13.8. The highest BCUT2D eigenvalue weighted by molar-refractivity contribution is 5.83. The molecule has 0 aromatic heterocycles. The van der Waals surface area contributed by atoms with Crippen molar-refractivity contribution in [3.8, 4) is 0 Å². The number of hydrogen-bond donors (Lipinski definition) is 3. The van der Waals surface area contributed by atoms with Crippen LogP contribution in [0.15, 0.2) is 54.6 Å². The molecule has 1 aliphatic rings. The van der Waals surface area contributed by atoms with Gasteiger partial charge in [-0.2, -0.15) is 0 Å². The van der Waals surface area contributed by atoms with Gasteiger partial charge in [-0.05, 0) is 23.1 Å². The topological polar surface area (TPSA) is 87.7 Å². The second kappa shape index (κ2) is 7.36. The third kappa shape index (κ3) is 3.64. The van der Waals surface area contributed by atoms with Gasteiger partial charge in [-0.1, -0.05) is 54.6 Å². The standard InChI is InChI=1S/C19H20N2O4/c1-25-17(12-7-3-2-4-8-12)18(22)20-15-11-13-9-5-6-10-14(13)16(15)21-19(23)24/h2-10,15-17,21H,11H2,1H3,(H,20,22)(H,23,24)/t15-,16-,17?/m0/s1. The zero-order chi connectivity index (χ0) is 17.8. The van der Waals surface area contributed by atoms with Crippen molar-refractivity contribution in [1.82, 2.24) is 10.6 Å². The van der Waals surface area contributed by atoms with Gasteiger partial charge in [0, 0.05) is 7.11 Å². The lowest BCUT2D eigenvalue weighted by Crippen LogP contribution is -2.45. The van der Waals surface area contributed by atoms with Gasteiger partial charge in [-0.3, -0.25) is 4.79 Å². The maximum atomic E-state index is 12.7. The number of methoxy groups -OCH3 is 1. The van der Waals surface area contributed by atoms with Crippen molar-refractivity contribution >= 4 is 12.0 Å². The van der Waals surface area contributed by atoms with Crippen molar-refractivity contribution in [2.45, 2.75) is 24.6 Å². The van der Waals surface area contributed by atoms with Crippen LogP contribution in [0.2, 0.25) is 0 Å². The van der Waals surface area contributed by atoms with Crippen molar-refractivity contribution < 1.29 is 19.4 Å². The van der Waals surface area contributed by atoms with Crippen LogP contribution in [0.4, 0.5) is 4.79 Å². The Bertz CT molecular complexity index is 763. The molecule has 0 fully saturated rings. The van der Waals surface area contributed by atoms with E-state index < -0.39 is 18.2 Å². The first-order valence-electron chi connectivity index (χ1n) is 8.05. The first kappa shape index (κ1) is 17.0. The van der Waals surface area contributed by atoms with Gasteiger partial charge < -0.3 is 20.5 Å². The summed E-state index contributed by atoms with van der Waals surface area (Å²) in [7, 11) is 1.48. The Morgan fingerprint density at radius 3 is 2.44 bits per heavy atom. The molecule has 0 saturated heterocycles. The van der Waals surface area contributed by atoms with E-state index in [9.17, 15) is 9.59 Å². The minimum Gasteiger partial charge on any atom is -0.465 e. The summed E-state index contributed by atoms with van der Waals surface area (Å²) in [6, 6.07) is 16.0. The van der Waals surface area contributed by atoms with Crippen molar-refractivity contribution in [2.24, 2.45) is 0 Å². The number of carbonyl (C=O) groups excluding carboxylic acids is 1.